The number of aromatic nitrogens is 2. The van der Waals surface area contributed by atoms with E-state index in [1.165, 1.54) is 24.9 Å². The molecular weight excluding hydrogens is 318 g/mol. The van der Waals surface area contributed by atoms with Crippen molar-refractivity contribution in [3.05, 3.63) is 32.6 Å². The Bertz CT molecular complexity index is 816. The van der Waals surface area contributed by atoms with Crippen molar-refractivity contribution in [1.29, 1.82) is 5.26 Å². The molecule has 2 rings (SSSR count). The largest absolute Gasteiger partial charge is 0.390 e. The molecule has 0 fully saturated rings. The monoisotopic (exact) mass is 335 g/mol. The van der Waals surface area contributed by atoms with Gasteiger partial charge in [-0.25, -0.2) is 4.79 Å². The number of amides is 1. The molecule has 0 aliphatic carbocycles. The number of nitriles is 1. The molecule has 0 aromatic carbocycles. The summed E-state index contributed by atoms with van der Waals surface area (Å²) in [6.45, 7) is 0.804. The van der Waals surface area contributed by atoms with Gasteiger partial charge in [0, 0.05) is 33.3 Å². The summed E-state index contributed by atoms with van der Waals surface area (Å²) >= 11 is 0. The average molecular weight is 335 g/mol. The number of nitrogens with zero attached hydrogens (tertiary/aromatic N) is 4. The van der Waals surface area contributed by atoms with Crippen LogP contribution in [0.5, 0.6) is 0 Å². The minimum Gasteiger partial charge on any atom is -0.390 e. The summed E-state index contributed by atoms with van der Waals surface area (Å²) in [5.41, 5.74) is -1.15. The first kappa shape index (κ1) is 17.4. The van der Waals surface area contributed by atoms with Crippen LogP contribution in [0.2, 0.25) is 0 Å². The van der Waals surface area contributed by atoms with E-state index in [2.05, 4.69) is 10.5 Å². The fourth-order valence-corrected chi connectivity index (χ4v) is 2.18. The van der Waals surface area contributed by atoms with Gasteiger partial charge in [-0.15, -0.1) is 0 Å². The first-order valence-corrected chi connectivity index (χ1v) is 7.18. The molecule has 1 N–H and O–H groups in total. The minimum atomic E-state index is -0.652. The van der Waals surface area contributed by atoms with Crippen molar-refractivity contribution in [2.45, 2.75) is 19.1 Å². The second kappa shape index (κ2) is 7.56. The summed E-state index contributed by atoms with van der Waals surface area (Å²) in [6.07, 6.45) is 0.871. The fourth-order valence-electron chi connectivity index (χ4n) is 2.18. The summed E-state index contributed by atoms with van der Waals surface area (Å²) in [7, 11) is 2.82. The molecule has 10 heteroatoms. The van der Waals surface area contributed by atoms with Crippen molar-refractivity contribution in [2.24, 2.45) is 12.2 Å². The van der Waals surface area contributed by atoms with Crippen molar-refractivity contribution in [1.82, 2.24) is 14.5 Å². The zero-order valence-electron chi connectivity index (χ0n) is 13.3. The van der Waals surface area contributed by atoms with Crippen LogP contribution in [0.25, 0.3) is 0 Å². The Labute approximate surface area is 136 Å². The number of nitrogens with one attached hydrogen (secondary N) is 1. The lowest BCUT2D eigenvalue weighted by atomic mass is 10.1. The van der Waals surface area contributed by atoms with Crippen LogP contribution in [0.3, 0.4) is 0 Å². The SMILES string of the molecule is COCCNC(=O)C1=NO[C@H](Cn2cc(C#N)c(=O)n(C)c2=O)C1. The normalized spacial score (nSPS) is 16.2. The van der Waals surface area contributed by atoms with E-state index >= 15 is 0 Å². The highest BCUT2D eigenvalue weighted by molar-refractivity contribution is 6.39. The molecule has 2 heterocycles. The molecular formula is C14H17N5O5. The Hall–Kier alpha value is -2.93. The Morgan fingerprint density at radius 3 is 3.00 bits per heavy atom. The van der Waals surface area contributed by atoms with Crippen LogP contribution < -0.4 is 16.6 Å². The Morgan fingerprint density at radius 2 is 2.33 bits per heavy atom. The van der Waals surface area contributed by atoms with E-state index in [0.29, 0.717) is 13.2 Å². The summed E-state index contributed by atoms with van der Waals surface area (Å²) in [6, 6.07) is 1.75. The smallest absolute Gasteiger partial charge is 0.330 e. The third kappa shape index (κ3) is 3.69. The van der Waals surface area contributed by atoms with Crippen LogP contribution >= 0.6 is 0 Å². The van der Waals surface area contributed by atoms with Crippen molar-refractivity contribution in [3.63, 3.8) is 0 Å². The van der Waals surface area contributed by atoms with Crippen LogP contribution in [0, 0.1) is 11.3 Å². The molecule has 0 radical (unpaired) electrons. The second-order valence-corrected chi connectivity index (χ2v) is 5.17. The maximum atomic E-state index is 12.1. The van der Waals surface area contributed by atoms with Gasteiger partial charge >= 0.3 is 5.69 Å². The van der Waals surface area contributed by atoms with E-state index in [1.54, 1.807) is 6.07 Å². The van der Waals surface area contributed by atoms with E-state index in [4.69, 9.17) is 14.8 Å². The lowest BCUT2D eigenvalue weighted by Gasteiger charge is -2.12. The highest BCUT2D eigenvalue weighted by Gasteiger charge is 2.27. The molecule has 0 saturated heterocycles. The predicted octanol–water partition coefficient (Wildman–Crippen LogP) is -1.67. The van der Waals surface area contributed by atoms with Crippen LogP contribution in [0.4, 0.5) is 0 Å². The number of rotatable bonds is 6. The zero-order chi connectivity index (χ0) is 17.7. The van der Waals surface area contributed by atoms with Crippen molar-refractivity contribution >= 4 is 11.6 Å². The van der Waals surface area contributed by atoms with E-state index in [1.807, 2.05) is 0 Å². The Morgan fingerprint density at radius 1 is 1.58 bits per heavy atom. The maximum absolute atomic E-state index is 12.1. The highest BCUT2D eigenvalue weighted by Crippen LogP contribution is 2.12. The molecule has 0 spiro atoms. The summed E-state index contributed by atoms with van der Waals surface area (Å²) < 4.78 is 6.89. The Balaban J connectivity index is 2.04. The fraction of sp³-hybridized carbons (Fsp3) is 0.500. The van der Waals surface area contributed by atoms with E-state index in [9.17, 15) is 14.4 Å². The van der Waals surface area contributed by atoms with Gasteiger partial charge in [-0.2, -0.15) is 5.26 Å². The summed E-state index contributed by atoms with van der Waals surface area (Å²) in [5.74, 6) is -0.361. The van der Waals surface area contributed by atoms with Gasteiger partial charge in [-0.3, -0.25) is 18.7 Å². The van der Waals surface area contributed by atoms with Crippen LogP contribution in [-0.2, 0) is 28.0 Å². The van der Waals surface area contributed by atoms with E-state index in [0.717, 1.165) is 4.57 Å². The number of ether oxygens (including phenoxy) is 1. The lowest BCUT2D eigenvalue weighted by Crippen LogP contribution is -2.41. The molecule has 0 unspecified atom stereocenters. The van der Waals surface area contributed by atoms with Gasteiger partial charge in [0.15, 0.2) is 6.10 Å². The van der Waals surface area contributed by atoms with Gasteiger partial charge in [0.1, 0.15) is 17.3 Å². The van der Waals surface area contributed by atoms with Crippen molar-refractivity contribution in [3.8, 4) is 6.07 Å². The number of hydrogen-bond acceptors (Lipinski definition) is 7. The van der Waals surface area contributed by atoms with E-state index < -0.39 is 17.4 Å². The molecule has 10 nitrogen and oxygen atoms in total. The summed E-state index contributed by atoms with van der Waals surface area (Å²) in [4.78, 5) is 40.8. The van der Waals surface area contributed by atoms with E-state index in [-0.39, 0.29) is 30.1 Å². The molecule has 128 valence electrons. The third-order valence-corrected chi connectivity index (χ3v) is 3.46. The third-order valence-electron chi connectivity index (χ3n) is 3.46. The van der Waals surface area contributed by atoms with Crippen LogP contribution in [0.15, 0.2) is 20.9 Å². The van der Waals surface area contributed by atoms with Gasteiger partial charge in [0.05, 0.1) is 13.2 Å². The number of hydrogen-bond donors (Lipinski definition) is 1. The van der Waals surface area contributed by atoms with Gasteiger partial charge in [0.25, 0.3) is 11.5 Å². The molecule has 1 aromatic rings. The second-order valence-electron chi connectivity index (χ2n) is 5.17. The van der Waals surface area contributed by atoms with Gasteiger partial charge in [-0.1, -0.05) is 5.16 Å². The Kier molecular flexibility index (Phi) is 5.49. The van der Waals surface area contributed by atoms with Gasteiger partial charge in [0.2, 0.25) is 0 Å². The first-order valence-electron chi connectivity index (χ1n) is 7.18. The number of methoxy groups -OCH3 is 1. The standard InChI is InChI=1S/C14H17N5O5/c1-18-13(21)9(6-15)7-19(14(18)22)8-10-5-11(17-24-10)12(20)16-3-4-23-2/h7,10H,3-5,8H2,1-2H3,(H,16,20)/t10-/m0/s1. The van der Waals surface area contributed by atoms with Crippen molar-refractivity contribution in [2.75, 3.05) is 20.3 Å². The van der Waals surface area contributed by atoms with Gasteiger partial charge in [-0.05, 0) is 0 Å². The van der Waals surface area contributed by atoms with Crippen molar-refractivity contribution < 1.29 is 14.4 Å². The number of oxime groups is 1. The molecule has 1 amide bonds. The first-order chi connectivity index (χ1) is 11.5. The zero-order valence-corrected chi connectivity index (χ0v) is 13.3. The number of carbonyl (C=O) groups excluding carboxylic acids is 1. The molecule has 0 bridgehead atoms. The lowest BCUT2D eigenvalue weighted by molar-refractivity contribution is -0.115. The quantitative estimate of drug-likeness (QED) is 0.619. The summed E-state index contributed by atoms with van der Waals surface area (Å²) in [5, 5.41) is 15.3. The van der Waals surface area contributed by atoms with Crippen LogP contribution in [-0.4, -0.2) is 47.1 Å². The molecule has 1 atom stereocenters. The minimum absolute atomic E-state index is 0.0694. The number of carbonyl (C=O) groups is 1. The van der Waals surface area contributed by atoms with Crippen LogP contribution in [0.1, 0.15) is 12.0 Å². The molecule has 1 aromatic heterocycles. The van der Waals surface area contributed by atoms with Gasteiger partial charge < -0.3 is 14.9 Å². The highest BCUT2D eigenvalue weighted by atomic mass is 16.6. The topological polar surface area (TPSA) is 128 Å². The molecule has 24 heavy (non-hydrogen) atoms. The molecule has 1 aliphatic rings. The average Bonchev–Trinajstić information content (AvgIpc) is 3.04. The maximum Gasteiger partial charge on any atom is 0.330 e. The molecule has 1 aliphatic heterocycles. The molecule has 0 saturated carbocycles. The predicted molar refractivity (Wildman–Crippen MR) is 82.5 cm³/mol.